The van der Waals surface area contributed by atoms with Crippen LogP contribution in [0.4, 0.5) is 34.1 Å². The Morgan fingerprint density at radius 3 is 1.64 bits per heavy atom. The Morgan fingerprint density at radius 2 is 1.02 bits per heavy atom. The molecule has 0 saturated carbocycles. The predicted octanol–water partition coefficient (Wildman–Crippen LogP) is 15.3. The van der Waals surface area contributed by atoms with Crippen molar-refractivity contribution in [3.05, 3.63) is 172 Å². The van der Waals surface area contributed by atoms with Crippen LogP contribution >= 0.6 is 0 Å². The first kappa shape index (κ1) is 39.4. The highest BCUT2D eigenvalue weighted by molar-refractivity contribution is 7.00. The summed E-state index contributed by atoms with van der Waals surface area (Å²) in [5.74, 6) is 0. The third-order valence-corrected chi connectivity index (χ3v) is 16.3. The summed E-state index contributed by atoms with van der Waals surface area (Å²) in [4.78, 5) is 4.92. The van der Waals surface area contributed by atoms with Gasteiger partial charge in [0.1, 0.15) is 0 Å². The molecule has 0 amide bonds. The molecule has 0 N–H and O–H groups in total. The van der Waals surface area contributed by atoms with E-state index in [0.717, 1.165) is 70.0 Å². The number of hydrogen-bond donors (Lipinski definition) is 0. The van der Waals surface area contributed by atoms with E-state index in [1.165, 1.54) is 55.4 Å². The lowest BCUT2D eigenvalue weighted by atomic mass is 9.33. The van der Waals surface area contributed by atoms with Gasteiger partial charge >= 0.3 is 0 Å². The zero-order chi connectivity index (χ0) is 49.0. The Kier molecular flexibility index (Phi) is 8.57. The predicted molar refractivity (Wildman–Crippen MR) is 285 cm³/mol. The minimum Gasteiger partial charge on any atom is -0.311 e. The summed E-state index contributed by atoms with van der Waals surface area (Å²) in [6.07, 6.45) is 3.24. The van der Waals surface area contributed by atoms with Crippen LogP contribution in [0.25, 0.3) is 22.3 Å². The standard InChI is InChI=1S/C63H67BN2/c1-39-30-56-58-57(31-39)66(54-36-49-46(32-40(54)2)62(10,11)38-63(49,12)13)53-26-24-43(41-20-16-14-17-21-41)33-50(53)64(58)51-35-47-48(61(8,9)29-28-60(47,6)7)37-55(51)65(56)52-27-25-44(59(3,4)5)34-45(52)42-22-18-15-19-23-42/h14-27,30-37H,28-29,38H2,1-13H3/i1D3. The lowest BCUT2D eigenvalue weighted by Crippen LogP contribution is -2.62. The molecule has 2 nitrogen and oxygen atoms in total. The van der Waals surface area contributed by atoms with Gasteiger partial charge < -0.3 is 9.80 Å². The highest BCUT2D eigenvalue weighted by atomic mass is 15.2. The molecule has 7 aromatic rings. The number of rotatable bonds is 4. The molecule has 4 aliphatic rings. The molecule has 11 rings (SSSR count). The van der Waals surface area contributed by atoms with Gasteiger partial charge in [-0.3, -0.25) is 0 Å². The monoisotopic (exact) mass is 866 g/mol. The quantitative estimate of drug-likeness (QED) is 0.163. The molecule has 0 bridgehead atoms. The zero-order valence-corrected chi connectivity index (χ0v) is 41.3. The van der Waals surface area contributed by atoms with Crippen molar-refractivity contribution in [3.8, 4) is 22.3 Å². The first-order valence-electron chi connectivity index (χ1n) is 25.9. The van der Waals surface area contributed by atoms with E-state index in [0.29, 0.717) is 5.56 Å². The van der Waals surface area contributed by atoms with Crippen LogP contribution < -0.4 is 26.2 Å². The fourth-order valence-corrected chi connectivity index (χ4v) is 12.8. The summed E-state index contributed by atoms with van der Waals surface area (Å²) in [6, 6.07) is 49.6. The molecule has 3 heteroatoms. The van der Waals surface area contributed by atoms with Gasteiger partial charge in [0.05, 0.1) is 5.69 Å². The summed E-state index contributed by atoms with van der Waals surface area (Å²) in [5, 5.41) is 0. The van der Waals surface area contributed by atoms with Crippen LogP contribution in [-0.2, 0) is 27.1 Å². The zero-order valence-electron chi connectivity index (χ0n) is 44.3. The first-order chi connectivity index (χ1) is 32.4. The molecule has 0 unspecified atom stereocenters. The van der Waals surface area contributed by atoms with Crippen LogP contribution in [0.15, 0.2) is 133 Å². The number of fused-ring (bicyclic) bond motifs is 6. The molecule has 66 heavy (non-hydrogen) atoms. The second kappa shape index (κ2) is 14.4. The van der Waals surface area contributed by atoms with Gasteiger partial charge in [-0.15, -0.1) is 0 Å². The van der Waals surface area contributed by atoms with Gasteiger partial charge in [0.2, 0.25) is 0 Å². The molecule has 0 fully saturated rings. The van der Waals surface area contributed by atoms with Crippen molar-refractivity contribution < 1.29 is 4.11 Å². The number of anilines is 6. The molecule has 0 saturated heterocycles. The molecule has 0 aromatic heterocycles. The van der Waals surface area contributed by atoms with Gasteiger partial charge in [-0.1, -0.05) is 167 Å². The Bertz CT molecular complexity index is 3240. The molecule has 0 atom stereocenters. The summed E-state index contributed by atoms with van der Waals surface area (Å²) in [7, 11) is 0. The fourth-order valence-electron chi connectivity index (χ4n) is 12.8. The Hall–Kier alpha value is -5.80. The minimum absolute atomic E-state index is 0.0304. The van der Waals surface area contributed by atoms with Crippen molar-refractivity contribution in [2.24, 2.45) is 0 Å². The van der Waals surface area contributed by atoms with E-state index in [1.807, 2.05) is 12.1 Å². The summed E-state index contributed by atoms with van der Waals surface area (Å²) in [6.45, 7) is 25.7. The number of nitrogens with zero attached hydrogens (tertiary/aromatic N) is 2. The second-order valence-electron chi connectivity index (χ2n) is 23.9. The maximum atomic E-state index is 9.21. The highest BCUT2D eigenvalue weighted by Crippen LogP contribution is 2.55. The van der Waals surface area contributed by atoms with E-state index in [-0.39, 0.29) is 33.8 Å². The third kappa shape index (κ3) is 6.50. The lowest BCUT2D eigenvalue weighted by molar-refractivity contribution is 0.332. The summed E-state index contributed by atoms with van der Waals surface area (Å²) < 4.78 is 27.6. The SMILES string of the molecule is [2H]C([2H])([2H])c1cc2c3c(c1)N(c1ccc(C(C)(C)C)cc1-c1ccccc1)c1cc4c(cc1B3c1cc(-c3ccccc3)ccc1N2c1cc2c(cc1C)C(C)(C)CC2(C)C)C(C)(C)CCC4(C)C. The smallest absolute Gasteiger partial charge is 0.252 e. The number of aryl methyl sites for hydroxylation is 2. The molecule has 332 valence electrons. The van der Waals surface area contributed by atoms with Crippen LogP contribution in [0.2, 0.25) is 0 Å². The van der Waals surface area contributed by atoms with Crippen LogP contribution in [0.3, 0.4) is 0 Å². The van der Waals surface area contributed by atoms with Crippen molar-refractivity contribution >= 4 is 57.2 Å². The van der Waals surface area contributed by atoms with E-state index in [9.17, 15) is 4.11 Å². The van der Waals surface area contributed by atoms with Gasteiger partial charge in [-0.25, -0.2) is 0 Å². The van der Waals surface area contributed by atoms with Gasteiger partial charge in [-0.2, -0.15) is 0 Å². The normalized spacial score (nSPS) is 18.8. The number of benzene rings is 7. The van der Waals surface area contributed by atoms with Crippen molar-refractivity contribution in [3.63, 3.8) is 0 Å². The Morgan fingerprint density at radius 1 is 0.485 bits per heavy atom. The van der Waals surface area contributed by atoms with Crippen molar-refractivity contribution in [1.29, 1.82) is 0 Å². The van der Waals surface area contributed by atoms with Crippen LogP contribution in [0, 0.1) is 13.8 Å². The largest absolute Gasteiger partial charge is 0.311 e. The van der Waals surface area contributed by atoms with Crippen LogP contribution in [0.5, 0.6) is 0 Å². The average Bonchev–Trinajstić information content (AvgIpc) is 3.47. The maximum absolute atomic E-state index is 9.21. The summed E-state index contributed by atoms with van der Waals surface area (Å²) >= 11 is 0. The Labute approximate surface area is 400 Å². The molecule has 2 aliphatic carbocycles. The topological polar surface area (TPSA) is 6.48 Å². The molecule has 0 radical (unpaired) electrons. The molecule has 2 aliphatic heterocycles. The minimum atomic E-state index is -2.38. The lowest BCUT2D eigenvalue weighted by Gasteiger charge is -2.48. The highest BCUT2D eigenvalue weighted by Gasteiger charge is 2.48. The maximum Gasteiger partial charge on any atom is 0.252 e. The molecule has 2 heterocycles. The van der Waals surface area contributed by atoms with E-state index in [1.54, 1.807) is 0 Å². The van der Waals surface area contributed by atoms with Crippen LogP contribution in [0.1, 0.15) is 138 Å². The van der Waals surface area contributed by atoms with Crippen LogP contribution in [-0.4, -0.2) is 6.71 Å². The molecule has 7 aromatic carbocycles. The summed E-state index contributed by atoms with van der Waals surface area (Å²) in [5.41, 5.74) is 22.5. The van der Waals surface area contributed by atoms with Gasteiger partial charge in [0, 0.05) is 38.1 Å². The van der Waals surface area contributed by atoms with E-state index < -0.39 is 6.85 Å². The fraction of sp³-hybridized carbons (Fsp3) is 0.333. The van der Waals surface area contributed by atoms with E-state index in [4.69, 9.17) is 0 Å². The van der Waals surface area contributed by atoms with E-state index >= 15 is 0 Å². The van der Waals surface area contributed by atoms with Gasteiger partial charge in [0.15, 0.2) is 0 Å². The molecule has 0 spiro atoms. The van der Waals surface area contributed by atoms with Gasteiger partial charge in [0.25, 0.3) is 6.71 Å². The van der Waals surface area contributed by atoms with Crippen molar-refractivity contribution in [2.75, 3.05) is 9.80 Å². The van der Waals surface area contributed by atoms with Crippen molar-refractivity contribution in [1.82, 2.24) is 0 Å². The molecular formula is C63H67BN2. The van der Waals surface area contributed by atoms with Gasteiger partial charge in [-0.05, 0) is 175 Å². The number of hydrogen-bond acceptors (Lipinski definition) is 2. The third-order valence-electron chi connectivity index (χ3n) is 16.3. The Balaban J connectivity index is 1.31. The van der Waals surface area contributed by atoms with E-state index in [2.05, 4.69) is 214 Å². The second-order valence-corrected chi connectivity index (χ2v) is 23.9. The van der Waals surface area contributed by atoms with Crippen molar-refractivity contribution in [2.45, 2.75) is 136 Å². The molecular weight excluding hydrogens is 796 g/mol. The first-order valence-corrected chi connectivity index (χ1v) is 24.4. The average molecular weight is 866 g/mol.